The zero-order valence-electron chi connectivity index (χ0n) is 9.07. The van der Waals surface area contributed by atoms with Crippen LogP contribution >= 0.6 is 0 Å². The van der Waals surface area contributed by atoms with Crippen LogP contribution in [0.25, 0.3) is 0 Å². The highest BCUT2D eigenvalue weighted by Crippen LogP contribution is 2.08. The van der Waals surface area contributed by atoms with Gasteiger partial charge >= 0.3 is 0 Å². The van der Waals surface area contributed by atoms with E-state index in [1.54, 1.807) is 0 Å². The van der Waals surface area contributed by atoms with Crippen molar-refractivity contribution in [3.05, 3.63) is 42.4 Å². The van der Waals surface area contributed by atoms with Crippen molar-refractivity contribution in [2.45, 2.75) is 0 Å². The largest absolute Gasteiger partial charge is 0.364 e. The van der Waals surface area contributed by atoms with E-state index in [0.717, 1.165) is 0 Å². The van der Waals surface area contributed by atoms with Crippen molar-refractivity contribution in [2.75, 3.05) is 5.32 Å². The number of hydrogen-bond donors (Lipinski definition) is 2. The van der Waals surface area contributed by atoms with Crippen molar-refractivity contribution < 1.29 is 9.59 Å². The van der Waals surface area contributed by atoms with Crippen LogP contribution in [0.15, 0.2) is 31.0 Å². The van der Waals surface area contributed by atoms with Crippen LogP contribution in [0.3, 0.4) is 0 Å². The van der Waals surface area contributed by atoms with E-state index in [4.69, 9.17) is 5.73 Å². The van der Waals surface area contributed by atoms with Crippen LogP contribution in [-0.2, 0) is 0 Å². The van der Waals surface area contributed by atoms with E-state index in [1.165, 1.54) is 31.0 Å². The fraction of sp³-hybridized carbons (Fsp3) is 0. The van der Waals surface area contributed by atoms with Crippen molar-refractivity contribution in [1.82, 2.24) is 19.9 Å². The Morgan fingerprint density at radius 2 is 1.78 bits per heavy atom. The minimum absolute atomic E-state index is 0.0133. The molecule has 8 nitrogen and oxygen atoms in total. The minimum atomic E-state index is -0.780. The number of nitrogens with zero attached hydrogens (tertiary/aromatic N) is 4. The molecule has 0 radical (unpaired) electrons. The van der Waals surface area contributed by atoms with Gasteiger partial charge in [-0.15, -0.1) is 0 Å². The molecule has 0 spiro atoms. The Balaban J connectivity index is 2.25. The molecule has 0 fully saturated rings. The molecule has 2 aromatic heterocycles. The van der Waals surface area contributed by atoms with E-state index in [-0.39, 0.29) is 17.2 Å². The maximum atomic E-state index is 11.8. The zero-order chi connectivity index (χ0) is 13.0. The summed E-state index contributed by atoms with van der Waals surface area (Å²) in [7, 11) is 0. The molecular formula is C10H8N6O2. The second kappa shape index (κ2) is 4.95. The summed E-state index contributed by atoms with van der Waals surface area (Å²) in [5.74, 6) is -1.34. The summed E-state index contributed by atoms with van der Waals surface area (Å²) >= 11 is 0. The first-order chi connectivity index (χ1) is 8.68. The number of carbonyl (C=O) groups is 2. The Labute approximate surface area is 101 Å². The highest BCUT2D eigenvalue weighted by molar-refractivity contribution is 6.05. The lowest BCUT2D eigenvalue weighted by Gasteiger charge is -2.05. The number of aromatic nitrogens is 4. The molecule has 2 rings (SSSR count). The summed E-state index contributed by atoms with van der Waals surface area (Å²) in [5, 5.41) is 2.39. The van der Waals surface area contributed by atoms with E-state index >= 15 is 0 Å². The number of carbonyl (C=O) groups excluding carboxylic acids is 2. The zero-order valence-corrected chi connectivity index (χ0v) is 9.07. The van der Waals surface area contributed by atoms with Gasteiger partial charge in [-0.25, -0.2) is 15.0 Å². The molecule has 3 N–H and O–H groups in total. The molecule has 0 saturated heterocycles. The fourth-order valence-electron chi connectivity index (χ4n) is 1.20. The molecule has 0 aromatic carbocycles. The van der Waals surface area contributed by atoms with E-state index in [2.05, 4.69) is 25.3 Å². The summed E-state index contributed by atoms with van der Waals surface area (Å²) in [5.41, 5.74) is 5.09. The third-order valence-electron chi connectivity index (χ3n) is 1.96. The molecule has 0 aliphatic heterocycles. The van der Waals surface area contributed by atoms with Gasteiger partial charge in [0.05, 0.1) is 6.20 Å². The van der Waals surface area contributed by atoms with Crippen LogP contribution in [0.4, 0.5) is 5.82 Å². The van der Waals surface area contributed by atoms with E-state index in [9.17, 15) is 9.59 Å². The standard InChI is InChI=1S/C10H8N6O2/c11-8(17)7-9(15-4-3-14-7)16-10(18)6-5-12-1-2-13-6/h1-5H,(H2,11,17)(H,15,16,18). The van der Waals surface area contributed by atoms with E-state index in [0.29, 0.717) is 0 Å². The number of nitrogens with one attached hydrogen (secondary N) is 1. The Bertz CT molecular complexity index is 586. The summed E-state index contributed by atoms with van der Waals surface area (Å²) < 4.78 is 0. The first-order valence-electron chi connectivity index (χ1n) is 4.86. The van der Waals surface area contributed by atoms with Crippen molar-refractivity contribution in [2.24, 2.45) is 5.73 Å². The molecule has 0 unspecified atom stereocenters. The topological polar surface area (TPSA) is 124 Å². The second-order valence-corrected chi connectivity index (χ2v) is 3.16. The molecule has 0 aliphatic rings. The van der Waals surface area contributed by atoms with Gasteiger partial charge in [-0.05, 0) is 0 Å². The van der Waals surface area contributed by atoms with Crippen molar-refractivity contribution in [3.63, 3.8) is 0 Å². The van der Waals surface area contributed by atoms with Crippen LogP contribution in [0.2, 0.25) is 0 Å². The Hall–Kier alpha value is -2.90. The normalized spacial score (nSPS) is 9.78. The number of rotatable bonds is 3. The lowest BCUT2D eigenvalue weighted by Crippen LogP contribution is -2.21. The van der Waals surface area contributed by atoms with Crippen LogP contribution in [0, 0.1) is 0 Å². The summed E-state index contributed by atoms with van der Waals surface area (Å²) in [6.45, 7) is 0. The lowest BCUT2D eigenvalue weighted by molar-refractivity contribution is 0.0996. The molecule has 2 amide bonds. The highest BCUT2D eigenvalue weighted by atomic mass is 16.2. The van der Waals surface area contributed by atoms with Gasteiger partial charge in [0.1, 0.15) is 5.69 Å². The molecular weight excluding hydrogens is 236 g/mol. The van der Waals surface area contributed by atoms with Crippen molar-refractivity contribution >= 4 is 17.6 Å². The molecule has 2 heterocycles. The molecule has 2 aromatic rings. The monoisotopic (exact) mass is 244 g/mol. The predicted octanol–water partition coefficient (Wildman–Crippen LogP) is -0.382. The van der Waals surface area contributed by atoms with Crippen LogP contribution in [0.1, 0.15) is 21.0 Å². The first kappa shape index (κ1) is 11.6. The highest BCUT2D eigenvalue weighted by Gasteiger charge is 2.15. The molecule has 18 heavy (non-hydrogen) atoms. The predicted molar refractivity (Wildman–Crippen MR) is 60.5 cm³/mol. The summed E-state index contributed by atoms with van der Waals surface area (Å²) in [6, 6.07) is 0. The van der Waals surface area contributed by atoms with Gasteiger partial charge < -0.3 is 11.1 Å². The van der Waals surface area contributed by atoms with Gasteiger partial charge in [0.2, 0.25) is 0 Å². The number of nitrogens with two attached hydrogens (primary N) is 1. The molecule has 0 saturated carbocycles. The van der Waals surface area contributed by atoms with Gasteiger partial charge in [0.15, 0.2) is 11.5 Å². The SMILES string of the molecule is NC(=O)c1nccnc1NC(=O)c1cnccn1. The van der Waals surface area contributed by atoms with Crippen LogP contribution in [-0.4, -0.2) is 31.8 Å². The van der Waals surface area contributed by atoms with Gasteiger partial charge in [0, 0.05) is 24.8 Å². The van der Waals surface area contributed by atoms with E-state index in [1.807, 2.05) is 0 Å². The summed E-state index contributed by atoms with van der Waals surface area (Å²) in [6.07, 6.45) is 6.74. The number of hydrogen-bond acceptors (Lipinski definition) is 6. The Kier molecular flexibility index (Phi) is 3.19. The van der Waals surface area contributed by atoms with Crippen molar-refractivity contribution in [1.29, 1.82) is 0 Å². The second-order valence-electron chi connectivity index (χ2n) is 3.16. The number of amides is 2. The van der Waals surface area contributed by atoms with Crippen LogP contribution < -0.4 is 11.1 Å². The number of anilines is 1. The summed E-state index contributed by atoms with van der Waals surface area (Å²) in [4.78, 5) is 38.0. The van der Waals surface area contributed by atoms with Crippen LogP contribution in [0.5, 0.6) is 0 Å². The van der Waals surface area contributed by atoms with Crippen molar-refractivity contribution in [3.8, 4) is 0 Å². The maximum absolute atomic E-state index is 11.8. The fourth-order valence-corrected chi connectivity index (χ4v) is 1.20. The average Bonchev–Trinajstić information content (AvgIpc) is 2.40. The Morgan fingerprint density at radius 1 is 1.06 bits per heavy atom. The lowest BCUT2D eigenvalue weighted by atomic mass is 10.3. The van der Waals surface area contributed by atoms with E-state index < -0.39 is 11.8 Å². The number of primary amides is 1. The third kappa shape index (κ3) is 2.43. The maximum Gasteiger partial charge on any atom is 0.277 e. The molecule has 8 heteroatoms. The molecule has 0 bridgehead atoms. The Morgan fingerprint density at radius 3 is 2.44 bits per heavy atom. The molecule has 90 valence electrons. The van der Waals surface area contributed by atoms with Gasteiger partial charge in [-0.3, -0.25) is 14.6 Å². The first-order valence-corrected chi connectivity index (χ1v) is 4.86. The van der Waals surface area contributed by atoms with Gasteiger partial charge in [0.25, 0.3) is 11.8 Å². The molecule has 0 atom stereocenters. The smallest absolute Gasteiger partial charge is 0.277 e. The third-order valence-corrected chi connectivity index (χ3v) is 1.96. The average molecular weight is 244 g/mol. The van der Waals surface area contributed by atoms with Gasteiger partial charge in [-0.1, -0.05) is 0 Å². The molecule has 0 aliphatic carbocycles. The van der Waals surface area contributed by atoms with Gasteiger partial charge in [-0.2, -0.15) is 0 Å². The quantitative estimate of drug-likeness (QED) is 0.758. The minimum Gasteiger partial charge on any atom is -0.364 e.